The van der Waals surface area contributed by atoms with E-state index in [9.17, 15) is 60.0 Å². The zero-order valence-corrected chi connectivity index (χ0v) is 33.6. The molecule has 0 bridgehead atoms. The minimum atomic E-state index is -1.81. The fraction of sp³-hybridized carbons (Fsp3) is 0.895. The molecule has 11 N–H and O–H groups in total. The number of amides is 5. The maximum absolute atomic E-state index is 13.2. The van der Waals surface area contributed by atoms with Crippen molar-refractivity contribution in [2.45, 2.75) is 196 Å². The monoisotopic (exact) mass is 834 g/mol. The van der Waals surface area contributed by atoms with E-state index in [-0.39, 0.29) is 19.4 Å². The van der Waals surface area contributed by atoms with Crippen LogP contribution in [0.2, 0.25) is 0 Å². The number of hydrogen-bond donors (Lipinski definition) is 11. The number of ether oxygens (including phenoxy) is 4. The highest BCUT2D eigenvalue weighted by molar-refractivity contribution is 5.96. The molecule has 4 heterocycles. The van der Waals surface area contributed by atoms with Crippen LogP contribution in [0.1, 0.15) is 104 Å². The average Bonchev–Trinajstić information content (AvgIpc) is 3.46. The molecule has 334 valence electrons. The Kier molecular flexibility index (Phi) is 18.9. The number of nitrogens with zero attached hydrogens (tertiary/aromatic N) is 1. The topological polar surface area (TPSA) is 306 Å². The number of urea groups is 1. The Morgan fingerprint density at radius 3 is 1.90 bits per heavy atom. The van der Waals surface area contributed by atoms with Gasteiger partial charge in [-0.15, -0.1) is 0 Å². The van der Waals surface area contributed by atoms with E-state index < -0.39 is 129 Å². The van der Waals surface area contributed by atoms with Crippen LogP contribution in [0, 0.1) is 5.92 Å². The van der Waals surface area contributed by atoms with Crippen LogP contribution in [0.15, 0.2) is 0 Å². The van der Waals surface area contributed by atoms with Gasteiger partial charge in [-0.05, 0) is 12.3 Å². The largest absolute Gasteiger partial charge is 0.394 e. The van der Waals surface area contributed by atoms with E-state index >= 15 is 0 Å². The fourth-order valence-electron chi connectivity index (χ4n) is 7.90. The highest BCUT2D eigenvalue weighted by atomic mass is 16.8. The Morgan fingerprint density at radius 1 is 0.776 bits per heavy atom. The van der Waals surface area contributed by atoms with Crippen LogP contribution in [0.5, 0.6) is 0 Å². The number of imide groups is 1. The number of nitrogens with one attached hydrogen (secondary N) is 3. The number of aliphatic hydroxyl groups is 8. The summed E-state index contributed by atoms with van der Waals surface area (Å²) in [7, 11) is 0. The first kappa shape index (κ1) is 48.1. The Balaban J connectivity index is 1.42. The van der Waals surface area contributed by atoms with E-state index in [1.165, 1.54) is 32.1 Å². The van der Waals surface area contributed by atoms with Crippen LogP contribution in [-0.4, -0.2) is 175 Å². The number of aliphatic hydroxyl groups excluding tert-OH is 8. The quantitative estimate of drug-likeness (QED) is 0.0556. The SMILES string of the molecule is CC(=O)NC1C(OC2OC(CC(O)C3OC(N4CCC(=O)NC4=O)C(O)C3O)C(O)C(O)C2NC(=O)CCCCCCCCCCCC(C)C)OC(CO)C(O)C1O. The summed E-state index contributed by atoms with van der Waals surface area (Å²) >= 11 is 0. The Labute approximate surface area is 338 Å². The van der Waals surface area contributed by atoms with Gasteiger partial charge in [0, 0.05) is 32.7 Å². The van der Waals surface area contributed by atoms with Crippen molar-refractivity contribution >= 4 is 23.8 Å². The molecule has 20 nitrogen and oxygen atoms in total. The van der Waals surface area contributed by atoms with E-state index in [0.29, 0.717) is 6.42 Å². The van der Waals surface area contributed by atoms with Crippen molar-refractivity contribution in [3.63, 3.8) is 0 Å². The van der Waals surface area contributed by atoms with Gasteiger partial charge >= 0.3 is 6.03 Å². The molecular formula is C38H66N4O16. The molecule has 58 heavy (non-hydrogen) atoms. The molecule has 5 amide bonds. The highest BCUT2D eigenvalue weighted by Gasteiger charge is 2.54. The summed E-state index contributed by atoms with van der Waals surface area (Å²) in [6, 6.07) is -3.79. The lowest BCUT2D eigenvalue weighted by Crippen LogP contribution is -2.69. The van der Waals surface area contributed by atoms with Gasteiger partial charge in [0.1, 0.15) is 60.9 Å². The molecule has 4 fully saturated rings. The summed E-state index contributed by atoms with van der Waals surface area (Å²) in [5.41, 5.74) is 0. The summed E-state index contributed by atoms with van der Waals surface area (Å²) in [5.74, 6) is -0.972. The second kappa shape index (κ2) is 22.8. The number of carbonyl (C=O) groups is 4. The van der Waals surface area contributed by atoms with Gasteiger partial charge in [0.05, 0.1) is 18.8 Å². The molecule has 4 saturated heterocycles. The maximum Gasteiger partial charge on any atom is 0.326 e. The highest BCUT2D eigenvalue weighted by Crippen LogP contribution is 2.33. The van der Waals surface area contributed by atoms with Gasteiger partial charge in [-0.25, -0.2) is 4.79 Å². The molecule has 0 aromatic carbocycles. The Bertz CT molecular complexity index is 1330. The second-order valence-electron chi connectivity index (χ2n) is 16.4. The minimum absolute atomic E-state index is 0.0684. The van der Waals surface area contributed by atoms with Crippen LogP contribution >= 0.6 is 0 Å². The fourth-order valence-corrected chi connectivity index (χ4v) is 7.90. The second-order valence-corrected chi connectivity index (χ2v) is 16.4. The summed E-state index contributed by atoms with van der Waals surface area (Å²) in [4.78, 5) is 50.3. The predicted molar refractivity (Wildman–Crippen MR) is 201 cm³/mol. The third-order valence-corrected chi connectivity index (χ3v) is 11.3. The molecule has 0 aliphatic carbocycles. The standard InChI is InChI=1S/C38H66N4O16/c1-19(2)13-11-9-7-5-4-6-8-10-12-14-24(46)40-27-31(51)28(48)22(55-37(27)58-36-26(39-20(3)44)30(50)29(49)23(18-43)56-36)17-21(45)34-32(52)33(53)35(57-34)42-16-15-25(47)41-38(42)54/h19,21-23,26-37,43,45,48-53H,4-18H2,1-3H3,(H,39,44)(H,40,46)(H,41,47,54). The zero-order chi connectivity index (χ0) is 42.7. The van der Waals surface area contributed by atoms with Gasteiger partial charge in [-0.1, -0.05) is 71.6 Å². The van der Waals surface area contributed by atoms with Gasteiger partial charge in [-0.2, -0.15) is 0 Å². The van der Waals surface area contributed by atoms with Crippen molar-refractivity contribution in [3.8, 4) is 0 Å². The van der Waals surface area contributed by atoms with Gasteiger partial charge in [0.2, 0.25) is 17.7 Å². The van der Waals surface area contributed by atoms with Crippen molar-refractivity contribution in [2.75, 3.05) is 13.2 Å². The first-order valence-corrected chi connectivity index (χ1v) is 20.7. The first-order chi connectivity index (χ1) is 27.5. The van der Waals surface area contributed by atoms with Crippen molar-refractivity contribution < 1.29 is 79.0 Å². The smallest absolute Gasteiger partial charge is 0.326 e. The molecule has 0 radical (unpaired) electrons. The van der Waals surface area contributed by atoms with E-state index in [4.69, 9.17) is 18.9 Å². The number of carbonyl (C=O) groups excluding carboxylic acids is 4. The summed E-state index contributed by atoms with van der Waals surface area (Å²) in [5, 5.41) is 93.7. The normalized spacial score (nSPS) is 36.2. The van der Waals surface area contributed by atoms with Crippen LogP contribution < -0.4 is 16.0 Å². The lowest BCUT2D eigenvalue weighted by molar-refractivity contribution is -0.347. The predicted octanol–water partition coefficient (Wildman–Crippen LogP) is -2.04. The van der Waals surface area contributed by atoms with E-state index in [2.05, 4.69) is 29.8 Å². The molecule has 4 aliphatic heterocycles. The molecule has 0 aromatic rings. The minimum Gasteiger partial charge on any atom is -0.394 e. The van der Waals surface area contributed by atoms with Crippen LogP contribution in [0.3, 0.4) is 0 Å². The van der Waals surface area contributed by atoms with Gasteiger partial charge in [0.15, 0.2) is 18.8 Å². The lowest BCUT2D eigenvalue weighted by Gasteiger charge is -2.47. The van der Waals surface area contributed by atoms with Gasteiger partial charge < -0.3 is 70.4 Å². The molecule has 15 unspecified atom stereocenters. The molecule has 0 spiro atoms. The zero-order valence-electron chi connectivity index (χ0n) is 33.6. The van der Waals surface area contributed by atoms with Crippen molar-refractivity contribution in [2.24, 2.45) is 5.92 Å². The average molecular weight is 835 g/mol. The molecule has 4 rings (SSSR count). The first-order valence-electron chi connectivity index (χ1n) is 20.7. The third-order valence-electron chi connectivity index (χ3n) is 11.3. The van der Waals surface area contributed by atoms with Crippen molar-refractivity contribution in [1.29, 1.82) is 0 Å². The summed E-state index contributed by atoms with van der Waals surface area (Å²) in [6.07, 6.45) is -11.4. The van der Waals surface area contributed by atoms with Crippen LogP contribution in [-0.2, 0) is 33.3 Å². The van der Waals surface area contributed by atoms with E-state index in [1.54, 1.807) is 0 Å². The number of unbranched alkanes of at least 4 members (excludes halogenated alkanes) is 8. The summed E-state index contributed by atoms with van der Waals surface area (Å²) in [6.45, 7) is 4.69. The molecule has 4 aliphatic rings. The Morgan fingerprint density at radius 2 is 1.33 bits per heavy atom. The van der Waals surface area contributed by atoms with Crippen LogP contribution in [0.4, 0.5) is 4.79 Å². The summed E-state index contributed by atoms with van der Waals surface area (Å²) < 4.78 is 23.4. The number of rotatable bonds is 21. The van der Waals surface area contributed by atoms with Gasteiger partial charge in [-0.3, -0.25) is 24.6 Å². The third kappa shape index (κ3) is 13.0. The number of hydrogen-bond acceptors (Lipinski definition) is 16. The van der Waals surface area contributed by atoms with Gasteiger partial charge in [0.25, 0.3) is 0 Å². The maximum atomic E-state index is 13.2. The molecular weight excluding hydrogens is 768 g/mol. The van der Waals surface area contributed by atoms with Crippen LogP contribution in [0.25, 0.3) is 0 Å². The molecule has 0 aromatic heterocycles. The Hall–Kier alpha value is -2.60. The molecule has 20 heteroatoms. The van der Waals surface area contributed by atoms with E-state index in [0.717, 1.165) is 43.4 Å². The molecule has 0 saturated carbocycles. The van der Waals surface area contributed by atoms with Crippen molar-refractivity contribution in [3.05, 3.63) is 0 Å². The van der Waals surface area contributed by atoms with E-state index in [1.807, 2.05) is 0 Å². The lowest BCUT2D eigenvalue weighted by atomic mass is 9.91. The molecule has 15 atom stereocenters. The van der Waals surface area contributed by atoms with Crippen molar-refractivity contribution in [1.82, 2.24) is 20.9 Å².